The summed E-state index contributed by atoms with van der Waals surface area (Å²) in [5, 5.41) is 7.33. The number of carbonyl (C=O) groups is 1. The first-order valence-electron chi connectivity index (χ1n) is 11.0. The predicted octanol–water partition coefficient (Wildman–Crippen LogP) is 6.59. The van der Waals surface area contributed by atoms with Crippen LogP contribution in [-0.2, 0) is 4.79 Å². The number of benzene rings is 3. The lowest BCUT2D eigenvalue weighted by Crippen LogP contribution is -2.27. The maximum atomic E-state index is 13.6. The van der Waals surface area contributed by atoms with Crippen molar-refractivity contribution < 1.29 is 4.79 Å². The first kappa shape index (κ1) is 19.6. The van der Waals surface area contributed by atoms with Crippen LogP contribution in [0.2, 0.25) is 0 Å². The summed E-state index contributed by atoms with van der Waals surface area (Å²) in [6.45, 7) is 6.33. The van der Waals surface area contributed by atoms with Crippen LogP contribution in [0.3, 0.4) is 0 Å². The van der Waals surface area contributed by atoms with E-state index in [1.165, 1.54) is 27.8 Å². The molecule has 0 amide bonds. The third-order valence-electron chi connectivity index (χ3n) is 6.60. The van der Waals surface area contributed by atoms with E-state index >= 15 is 0 Å². The van der Waals surface area contributed by atoms with Gasteiger partial charge in [0.15, 0.2) is 5.78 Å². The normalized spacial score (nSPS) is 20.3. The van der Waals surface area contributed by atoms with Gasteiger partial charge in [-0.2, -0.15) is 0 Å². The highest BCUT2D eigenvalue weighted by Gasteiger charge is 2.36. The Kier molecular flexibility index (Phi) is 4.90. The fraction of sp³-hybridized carbons (Fsp3) is 0.250. The smallest absolute Gasteiger partial charge is 0.163 e. The second-order valence-corrected chi connectivity index (χ2v) is 8.94. The Hall–Kier alpha value is -3.33. The minimum Gasteiger partial charge on any atom is -0.372 e. The molecule has 0 spiro atoms. The van der Waals surface area contributed by atoms with E-state index in [1.807, 2.05) is 12.1 Å². The van der Waals surface area contributed by atoms with Crippen molar-refractivity contribution in [3.8, 4) is 0 Å². The highest BCUT2D eigenvalue weighted by atomic mass is 16.1. The van der Waals surface area contributed by atoms with Crippen LogP contribution >= 0.6 is 0 Å². The van der Waals surface area contributed by atoms with Crippen LogP contribution < -0.4 is 10.6 Å². The number of aryl methyl sites for hydroxylation is 3. The van der Waals surface area contributed by atoms with Gasteiger partial charge in [-0.25, -0.2) is 0 Å². The molecule has 0 radical (unpaired) electrons. The molecule has 156 valence electrons. The minimum atomic E-state index is -0.155. The fourth-order valence-corrected chi connectivity index (χ4v) is 4.87. The first-order valence-corrected chi connectivity index (χ1v) is 11.0. The zero-order valence-electron chi connectivity index (χ0n) is 18.3. The standard InChI is InChI=1S/C28H28N2O/c1-17-9-12-20(13-10-17)21-15-25-27(26(31)16-21)28(22-14-18(2)8-11-19(22)3)30-24-7-5-4-6-23(24)29-25/h4-14,21,28-30H,15-16H2,1-3H3. The molecule has 2 aliphatic rings. The second-order valence-electron chi connectivity index (χ2n) is 8.94. The van der Waals surface area contributed by atoms with Crippen LogP contribution in [0.5, 0.6) is 0 Å². The third kappa shape index (κ3) is 3.65. The number of allylic oxidation sites excluding steroid dienone is 1. The zero-order chi connectivity index (χ0) is 21.5. The molecule has 0 bridgehead atoms. The predicted molar refractivity (Wildman–Crippen MR) is 128 cm³/mol. The summed E-state index contributed by atoms with van der Waals surface area (Å²) in [5.74, 6) is 0.425. The number of rotatable bonds is 2. The molecule has 2 atom stereocenters. The number of para-hydroxylation sites is 2. The van der Waals surface area contributed by atoms with Gasteiger partial charge in [-0.05, 0) is 61.9 Å². The number of Topliss-reactive ketones (excluding diaryl/α,β-unsaturated/α-hetero) is 1. The summed E-state index contributed by atoms with van der Waals surface area (Å²) in [4.78, 5) is 13.6. The Morgan fingerprint density at radius 1 is 0.806 bits per heavy atom. The van der Waals surface area contributed by atoms with E-state index < -0.39 is 0 Å². The maximum absolute atomic E-state index is 13.6. The van der Waals surface area contributed by atoms with Crippen LogP contribution in [0.1, 0.15) is 52.6 Å². The molecule has 2 N–H and O–H groups in total. The van der Waals surface area contributed by atoms with Crippen molar-refractivity contribution in [3.63, 3.8) is 0 Å². The molecule has 3 aromatic rings. The Bertz CT molecular complexity index is 1190. The quantitative estimate of drug-likeness (QED) is 0.502. The molecule has 5 rings (SSSR count). The molecule has 3 heteroatoms. The molecule has 2 unspecified atom stereocenters. The van der Waals surface area contributed by atoms with Crippen LogP contribution in [0, 0.1) is 20.8 Å². The van der Waals surface area contributed by atoms with Gasteiger partial charge in [0.05, 0.1) is 17.4 Å². The molecule has 31 heavy (non-hydrogen) atoms. The lowest BCUT2D eigenvalue weighted by molar-refractivity contribution is -0.116. The van der Waals surface area contributed by atoms with Crippen LogP contribution in [0.15, 0.2) is 78.0 Å². The molecular weight excluding hydrogens is 380 g/mol. The van der Waals surface area contributed by atoms with Crippen LogP contribution in [0.4, 0.5) is 11.4 Å². The van der Waals surface area contributed by atoms with Gasteiger partial charge in [0.1, 0.15) is 0 Å². The largest absolute Gasteiger partial charge is 0.372 e. The van der Waals surface area contributed by atoms with Crippen LogP contribution in [-0.4, -0.2) is 5.78 Å². The monoisotopic (exact) mass is 408 g/mol. The number of anilines is 2. The molecule has 0 saturated heterocycles. The Morgan fingerprint density at radius 2 is 1.52 bits per heavy atom. The summed E-state index contributed by atoms with van der Waals surface area (Å²) in [7, 11) is 0. The summed E-state index contributed by atoms with van der Waals surface area (Å²) >= 11 is 0. The molecule has 0 saturated carbocycles. The molecule has 1 aliphatic heterocycles. The van der Waals surface area contributed by atoms with E-state index in [0.717, 1.165) is 29.1 Å². The topological polar surface area (TPSA) is 41.1 Å². The number of hydrogen-bond donors (Lipinski definition) is 2. The van der Waals surface area contributed by atoms with Gasteiger partial charge in [0, 0.05) is 17.7 Å². The maximum Gasteiger partial charge on any atom is 0.163 e. The van der Waals surface area contributed by atoms with Crippen molar-refractivity contribution in [2.75, 3.05) is 10.6 Å². The lowest BCUT2D eigenvalue weighted by atomic mass is 9.78. The van der Waals surface area contributed by atoms with E-state index in [1.54, 1.807) is 0 Å². The van der Waals surface area contributed by atoms with Gasteiger partial charge in [-0.1, -0.05) is 65.7 Å². The second kappa shape index (κ2) is 7.73. The first-order chi connectivity index (χ1) is 15.0. The summed E-state index contributed by atoms with van der Waals surface area (Å²) < 4.78 is 0. The minimum absolute atomic E-state index is 0.155. The molecule has 0 fully saturated rings. The van der Waals surface area contributed by atoms with Crippen LogP contribution in [0.25, 0.3) is 0 Å². The number of nitrogens with one attached hydrogen (secondary N) is 2. The van der Waals surface area contributed by atoms with E-state index in [4.69, 9.17) is 0 Å². The van der Waals surface area contributed by atoms with Gasteiger partial charge >= 0.3 is 0 Å². The van der Waals surface area contributed by atoms with Crippen molar-refractivity contribution in [2.24, 2.45) is 0 Å². The number of hydrogen-bond acceptors (Lipinski definition) is 3. The average molecular weight is 409 g/mol. The summed E-state index contributed by atoms with van der Waals surface area (Å²) in [6, 6.07) is 23.2. The summed E-state index contributed by atoms with van der Waals surface area (Å²) in [6.07, 6.45) is 1.38. The molecule has 3 nitrogen and oxygen atoms in total. The van der Waals surface area contributed by atoms with E-state index in [-0.39, 0.29) is 17.7 Å². The number of carbonyl (C=O) groups excluding carboxylic acids is 1. The van der Waals surface area contributed by atoms with Gasteiger partial charge < -0.3 is 10.6 Å². The third-order valence-corrected chi connectivity index (χ3v) is 6.60. The van der Waals surface area contributed by atoms with Gasteiger partial charge in [0.25, 0.3) is 0 Å². The van der Waals surface area contributed by atoms with Crippen molar-refractivity contribution >= 4 is 17.2 Å². The van der Waals surface area contributed by atoms with Crippen molar-refractivity contribution in [1.29, 1.82) is 0 Å². The van der Waals surface area contributed by atoms with Crippen molar-refractivity contribution in [3.05, 3.63) is 106 Å². The molecule has 3 aromatic carbocycles. The van der Waals surface area contributed by atoms with Gasteiger partial charge in [0.2, 0.25) is 0 Å². The Labute approximate surface area is 184 Å². The molecule has 1 aliphatic carbocycles. The van der Waals surface area contributed by atoms with E-state index in [2.05, 4.69) is 86.0 Å². The highest BCUT2D eigenvalue weighted by molar-refractivity contribution is 6.01. The number of fused-ring (bicyclic) bond motifs is 1. The van der Waals surface area contributed by atoms with Crippen molar-refractivity contribution in [1.82, 2.24) is 0 Å². The zero-order valence-corrected chi connectivity index (χ0v) is 18.3. The van der Waals surface area contributed by atoms with E-state index in [9.17, 15) is 4.79 Å². The number of ketones is 1. The molecular formula is C28H28N2O. The summed E-state index contributed by atoms with van der Waals surface area (Å²) in [5.41, 5.74) is 10.0. The highest BCUT2D eigenvalue weighted by Crippen LogP contribution is 2.44. The van der Waals surface area contributed by atoms with Gasteiger partial charge in [-0.15, -0.1) is 0 Å². The van der Waals surface area contributed by atoms with Gasteiger partial charge in [-0.3, -0.25) is 4.79 Å². The lowest BCUT2D eigenvalue weighted by Gasteiger charge is -2.30. The average Bonchev–Trinajstić information content (AvgIpc) is 2.92. The SMILES string of the molecule is Cc1ccc(C2CC(=O)C3=C(C2)Nc2ccccc2NC3c2cc(C)ccc2C)cc1. The fourth-order valence-electron chi connectivity index (χ4n) is 4.87. The molecule has 0 aromatic heterocycles. The Balaban J connectivity index is 1.63. The molecule has 1 heterocycles. The van der Waals surface area contributed by atoms with Crippen molar-refractivity contribution in [2.45, 2.75) is 45.6 Å². The van der Waals surface area contributed by atoms with E-state index in [0.29, 0.717) is 6.42 Å². The Morgan fingerprint density at radius 3 is 2.29 bits per heavy atom.